The molecule has 0 radical (unpaired) electrons. The highest BCUT2D eigenvalue weighted by molar-refractivity contribution is 7.91. The molecule has 2 heterocycles. The van der Waals surface area contributed by atoms with Crippen molar-refractivity contribution in [1.29, 1.82) is 0 Å². The molecule has 4 rings (SSSR count). The lowest BCUT2D eigenvalue weighted by Gasteiger charge is -2.34. The monoisotopic (exact) mass is 461 g/mol. The number of hydrogen-bond donors (Lipinski definition) is 0. The molecule has 0 spiro atoms. The number of aromatic nitrogens is 1. The van der Waals surface area contributed by atoms with Gasteiger partial charge in [-0.25, -0.2) is 17.8 Å². The summed E-state index contributed by atoms with van der Waals surface area (Å²) in [6.07, 6.45) is 0.518. The molecule has 1 aromatic heterocycles. The molecule has 31 heavy (non-hydrogen) atoms. The van der Waals surface area contributed by atoms with Crippen LogP contribution in [0.25, 0.3) is 10.2 Å². The molecule has 9 heteroatoms. The molecule has 1 fully saturated rings. The Labute approximate surface area is 185 Å². The van der Waals surface area contributed by atoms with Gasteiger partial charge in [0, 0.05) is 32.6 Å². The van der Waals surface area contributed by atoms with Gasteiger partial charge in [-0.3, -0.25) is 4.79 Å². The Morgan fingerprint density at radius 3 is 2.52 bits per heavy atom. The van der Waals surface area contributed by atoms with E-state index in [4.69, 9.17) is 0 Å². The zero-order chi connectivity index (χ0) is 22.0. The van der Waals surface area contributed by atoms with Crippen LogP contribution >= 0.6 is 11.3 Å². The van der Waals surface area contributed by atoms with Crippen molar-refractivity contribution in [2.75, 3.05) is 36.8 Å². The summed E-state index contributed by atoms with van der Waals surface area (Å²) < 4.78 is 39.1. The van der Waals surface area contributed by atoms with Gasteiger partial charge >= 0.3 is 0 Å². The van der Waals surface area contributed by atoms with Gasteiger partial charge in [0.15, 0.2) is 15.0 Å². The fourth-order valence-corrected chi connectivity index (χ4v) is 5.96. The van der Waals surface area contributed by atoms with E-state index >= 15 is 0 Å². The number of aryl methyl sites for hydroxylation is 1. The molecule has 1 aliphatic heterocycles. The number of thiazole rings is 1. The maximum absolute atomic E-state index is 13.4. The zero-order valence-electron chi connectivity index (χ0n) is 17.3. The average molecular weight is 462 g/mol. The van der Waals surface area contributed by atoms with E-state index in [0.29, 0.717) is 37.5 Å². The van der Waals surface area contributed by atoms with E-state index < -0.39 is 9.84 Å². The Balaban J connectivity index is 1.27. The zero-order valence-corrected chi connectivity index (χ0v) is 18.9. The van der Waals surface area contributed by atoms with Crippen LogP contribution in [0.3, 0.4) is 0 Å². The molecule has 0 unspecified atom stereocenters. The molecule has 0 N–H and O–H groups in total. The normalized spacial score (nSPS) is 14.9. The highest BCUT2D eigenvalue weighted by Gasteiger charge is 2.23. The third-order valence-electron chi connectivity index (χ3n) is 5.43. The smallest absolute Gasteiger partial charge is 0.222 e. The number of rotatable bonds is 6. The van der Waals surface area contributed by atoms with Gasteiger partial charge < -0.3 is 9.80 Å². The lowest BCUT2D eigenvalue weighted by atomic mass is 10.2. The number of benzene rings is 2. The van der Waals surface area contributed by atoms with Gasteiger partial charge in [-0.2, -0.15) is 0 Å². The predicted octanol–water partition coefficient (Wildman–Crippen LogP) is 3.65. The maximum atomic E-state index is 13.4. The van der Waals surface area contributed by atoms with Crippen LogP contribution in [0.1, 0.15) is 18.4 Å². The quantitative estimate of drug-likeness (QED) is 0.561. The largest absolute Gasteiger partial charge is 0.345 e. The summed E-state index contributed by atoms with van der Waals surface area (Å²) in [4.78, 5) is 21.3. The number of nitrogens with zero attached hydrogens (tertiary/aromatic N) is 3. The first-order valence-electron chi connectivity index (χ1n) is 10.2. The summed E-state index contributed by atoms with van der Waals surface area (Å²) in [6, 6.07) is 11.3. The molecule has 3 aromatic rings. The second-order valence-electron chi connectivity index (χ2n) is 7.71. The molecule has 0 atom stereocenters. The summed E-state index contributed by atoms with van der Waals surface area (Å²) >= 11 is 1.45. The van der Waals surface area contributed by atoms with E-state index in [0.717, 1.165) is 20.9 Å². The number of fused-ring (bicyclic) bond motifs is 1. The van der Waals surface area contributed by atoms with Crippen LogP contribution in [-0.4, -0.2) is 56.1 Å². The van der Waals surface area contributed by atoms with Crippen LogP contribution in [0.2, 0.25) is 0 Å². The first-order valence-corrected chi connectivity index (χ1v) is 12.7. The molecule has 0 saturated carbocycles. The number of anilines is 1. The number of amides is 1. The Bertz CT molecular complexity index is 1180. The second-order valence-corrected chi connectivity index (χ2v) is 10.8. The van der Waals surface area contributed by atoms with Crippen LogP contribution < -0.4 is 4.90 Å². The molecular weight excluding hydrogens is 437 g/mol. The first-order chi connectivity index (χ1) is 14.8. The summed E-state index contributed by atoms with van der Waals surface area (Å²) in [5.74, 6) is -0.336. The van der Waals surface area contributed by atoms with Crippen molar-refractivity contribution >= 4 is 42.4 Å². The van der Waals surface area contributed by atoms with Gasteiger partial charge in [0.2, 0.25) is 5.91 Å². The van der Waals surface area contributed by atoms with Crippen LogP contribution in [-0.2, 0) is 14.6 Å². The van der Waals surface area contributed by atoms with E-state index in [1.807, 2.05) is 6.92 Å². The molecule has 1 amide bonds. The number of piperazine rings is 1. The highest BCUT2D eigenvalue weighted by Crippen LogP contribution is 2.30. The summed E-state index contributed by atoms with van der Waals surface area (Å²) in [5, 5.41) is 0.830. The van der Waals surface area contributed by atoms with Gasteiger partial charge in [-0.05, 0) is 43.7 Å². The topological polar surface area (TPSA) is 70.6 Å². The van der Waals surface area contributed by atoms with Crippen LogP contribution in [0, 0.1) is 12.7 Å². The number of halogens is 1. The van der Waals surface area contributed by atoms with Gasteiger partial charge in [-0.15, -0.1) is 0 Å². The van der Waals surface area contributed by atoms with Crippen LogP contribution in [0.5, 0.6) is 0 Å². The third-order valence-corrected chi connectivity index (χ3v) is 8.32. The van der Waals surface area contributed by atoms with E-state index in [1.165, 1.54) is 23.5 Å². The SMILES string of the molecule is Cc1ccc(S(=O)(=O)CCCC(=O)N2CCN(c3nc4ccc(F)cc4s3)CC2)cc1. The number of carbonyl (C=O) groups excluding carboxylic acids is 1. The fourth-order valence-electron chi connectivity index (χ4n) is 3.60. The maximum Gasteiger partial charge on any atom is 0.222 e. The van der Waals surface area contributed by atoms with E-state index in [9.17, 15) is 17.6 Å². The average Bonchev–Trinajstić information content (AvgIpc) is 3.17. The summed E-state index contributed by atoms with van der Waals surface area (Å²) in [6.45, 7) is 4.33. The lowest BCUT2D eigenvalue weighted by molar-refractivity contribution is -0.131. The molecule has 164 valence electrons. The van der Waals surface area contributed by atoms with E-state index in [-0.39, 0.29) is 23.9 Å². The van der Waals surface area contributed by atoms with Gasteiger partial charge in [0.05, 0.1) is 20.9 Å². The predicted molar refractivity (Wildman–Crippen MR) is 121 cm³/mol. The Morgan fingerprint density at radius 1 is 1.10 bits per heavy atom. The fraction of sp³-hybridized carbons (Fsp3) is 0.364. The lowest BCUT2D eigenvalue weighted by Crippen LogP contribution is -2.48. The first kappa shape index (κ1) is 21.7. The van der Waals surface area contributed by atoms with Crippen molar-refractivity contribution in [2.24, 2.45) is 0 Å². The molecule has 0 bridgehead atoms. The van der Waals surface area contributed by atoms with E-state index in [1.54, 1.807) is 35.2 Å². The minimum atomic E-state index is -3.38. The minimum absolute atomic E-state index is 0.0230. The standard InChI is InChI=1S/C22H24FN3O3S2/c1-16-4-7-18(8-5-16)31(28,29)14-2-3-21(27)25-10-12-26(13-11-25)22-24-19-9-6-17(23)15-20(19)30-22/h4-9,15H,2-3,10-14H2,1H3. The van der Waals surface area contributed by atoms with Crippen molar-refractivity contribution in [3.05, 3.63) is 53.8 Å². The van der Waals surface area contributed by atoms with Gasteiger partial charge in [-0.1, -0.05) is 29.0 Å². The van der Waals surface area contributed by atoms with Gasteiger partial charge in [0.25, 0.3) is 0 Å². The Morgan fingerprint density at radius 2 is 1.81 bits per heavy atom. The van der Waals surface area contributed by atoms with Crippen LogP contribution in [0.4, 0.5) is 9.52 Å². The number of hydrogen-bond acceptors (Lipinski definition) is 6. The molecule has 0 aliphatic carbocycles. The Hall–Kier alpha value is -2.52. The van der Waals surface area contributed by atoms with Crippen molar-refractivity contribution in [1.82, 2.24) is 9.88 Å². The summed E-state index contributed by atoms with van der Waals surface area (Å²) in [5.41, 5.74) is 1.78. The third kappa shape index (κ3) is 5.04. The van der Waals surface area contributed by atoms with Crippen molar-refractivity contribution in [3.8, 4) is 0 Å². The molecule has 1 aliphatic rings. The molecular formula is C22H24FN3O3S2. The molecule has 6 nitrogen and oxygen atoms in total. The van der Waals surface area contributed by atoms with Crippen LogP contribution in [0.15, 0.2) is 47.4 Å². The number of carbonyl (C=O) groups is 1. The minimum Gasteiger partial charge on any atom is -0.345 e. The number of sulfone groups is 1. The second kappa shape index (κ2) is 8.92. The highest BCUT2D eigenvalue weighted by atomic mass is 32.2. The van der Waals surface area contributed by atoms with Gasteiger partial charge in [0.1, 0.15) is 5.82 Å². The van der Waals surface area contributed by atoms with Crippen molar-refractivity contribution in [2.45, 2.75) is 24.7 Å². The summed E-state index contributed by atoms with van der Waals surface area (Å²) in [7, 11) is -3.38. The molecule has 2 aromatic carbocycles. The van der Waals surface area contributed by atoms with Crippen molar-refractivity contribution in [3.63, 3.8) is 0 Å². The Kier molecular flexibility index (Phi) is 6.24. The van der Waals surface area contributed by atoms with Crippen molar-refractivity contribution < 1.29 is 17.6 Å². The van der Waals surface area contributed by atoms with E-state index in [2.05, 4.69) is 9.88 Å². The molecule has 1 saturated heterocycles.